The molecule has 2 N–H and O–H groups in total. The van der Waals surface area contributed by atoms with Crippen LogP contribution in [0.5, 0.6) is 5.88 Å². The number of carboxylic acids is 1. The third kappa shape index (κ3) is 3.27. The van der Waals surface area contributed by atoms with Crippen molar-refractivity contribution >= 4 is 17.5 Å². The zero-order valence-corrected chi connectivity index (χ0v) is 9.78. The Kier molecular flexibility index (Phi) is 4.35. The molecular weight excluding hydrogens is 244 g/mol. The lowest BCUT2D eigenvalue weighted by Gasteiger charge is -2.12. The summed E-state index contributed by atoms with van der Waals surface area (Å²) in [4.78, 5) is 28.1. The first-order valence-electron chi connectivity index (χ1n) is 4.97. The number of methoxy groups -OCH3 is 1. The van der Waals surface area contributed by atoms with Gasteiger partial charge in [0.2, 0.25) is 5.82 Å². The SMILES string of the molecule is COc1ncnc(NC(C)CC(=O)O)c1[N+](=O)[O-]. The van der Waals surface area contributed by atoms with E-state index in [0.29, 0.717) is 0 Å². The fourth-order valence-electron chi connectivity index (χ4n) is 1.33. The molecule has 18 heavy (non-hydrogen) atoms. The summed E-state index contributed by atoms with van der Waals surface area (Å²) in [5, 5.41) is 22.1. The molecule has 9 nitrogen and oxygen atoms in total. The number of aliphatic carboxylic acids is 1. The van der Waals surface area contributed by atoms with Gasteiger partial charge in [-0.15, -0.1) is 0 Å². The van der Waals surface area contributed by atoms with Crippen molar-refractivity contribution in [3.63, 3.8) is 0 Å². The maximum absolute atomic E-state index is 10.9. The summed E-state index contributed by atoms with van der Waals surface area (Å²) in [7, 11) is 1.25. The summed E-state index contributed by atoms with van der Waals surface area (Å²) in [6.07, 6.45) is 0.908. The minimum absolute atomic E-state index is 0.0689. The van der Waals surface area contributed by atoms with E-state index < -0.39 is 22.6 Å². The van der Waals surface area contributed by atoms with Crippen molar-refractivity contribution in [3.05, 3.63) is 16.4 Å². The van der Waals surface area contributed by atoms with Gasteiger partial charge >= 0.3 is 11.7 Å². The van der Waals surface area contributed by atoms with Gasteiger partial charge in [0, 0.05) is 6.04 Å². The molecule has 0 amide bonds. The van der Waals surface area contributed by atoms with E-state index in [2.05, 4.69) is 15.3 Å². The molecule has 0 spiro atoms. The molecule has 0 fully saturated rings. The van der Waals surface area contributed by atoms with E-state index in [1.165, 1.54) is 7.11 Å². The van der Waals surface area contributed by atoms with Crippen molar-refractivity contribution in [2.24, 2.45) is 0 Å². The van der Waals surface area contributed by atoms with Gasteiger partial charge in [0.25, 0.3) is 5.88 Å². The maximum atomic E-state index is 10.9. The second kappa shape index (κ2) is 5.75. The van der Waals surface area contributed by atoms with Gasteiger partial charge in [-0.2, -0.15) is 4.98 Å². The molecule has 1 atom stereocenters. The highest BCUT2D eigenvalue weighted by molar-refractivity contribution is 5.69. The summed E-state index contributed by atoms with van der Waals surface area (Å²) >= 11 is 0. The number of anilines is 1. The van der Waals surface area contributed by atoms with Crippen LogP contribution in [0.1, 0.15) is 13.3 Å². The molecule has 1 aromatic heterocycles. The van der Waals surface area contributed by atoms with Crippen molar-refractivity contribution in [3.8, 4) is 5.88 Å². The number of nitrogens with zero attached hydrogens (tertiary/aromatic N) is 3. The Balaban J connectivity index is 3.01. The second-order valence-corrected chi connectivity index (χ2v) is 3.48. The van der Waals surface area contributed by atoms with E-state index in [0.717, 1.165) is 6.33 Å². The van der Waals surface area contributed by atoms with Crippen LogP contribution >= 0.6 is 0 Å². The number of aromatic nitrogens is 2. The number of ether oxygens (including phenoxy) is 1. The first-order chi connectivity index (χ1) is 8.45. The van der Waals surface area contributed by atoms with E-state index in [4.69, 9.17) is 9.84 Å². The van der Waals surface area contributed by atoms with E-state index in [-0.39, 0.29) is 18.1 Å². The summed E-state index contributed by atoms with van der Waals surface area (Å²) in [5.74, 6) is -1.26. The van der Waals surface area contributed by atoms with Gasteiger partial charge in [-0.3, -0.25) is 14.9 Å². The average Bonchev–Trinajstić information content (AvgIpc) is 2.26. The van der Waals surface area contributed by atoms with Crippen molar-refractivity contribution in [1.29, 1.82) is 0 Å². The predicted octanol–water partition coefficient (Wildman–Crippen LogP) is 0.668. The summed E-state index contributed by atoms with van der Waals surface area (Å²) < 4.78 is 4.76. The average molecular weight is 256 g/mol. The number of carbonyl (C=O) groups is 1. The smallest absolute Gasteiger partial charge is 0.372 e. The Hall–Kier alpha value is -2.45. The van der Waals surface area contributed by atoms with Gasteiger partial charge in [-0.25, -0.2) is 4.98 Å². The minimum atomic E-state index is -1.02. The van der Waals surface area contributed by atoms with Crippen molar-refractivity contribution < 1.29 is 19.6 Å². The molecule has 1 unspecified atom stereocenters. The molecule has 0 bridgehead atoms. The third-order valence-corrected chi connectivity index (χ3v) is 2.03. The second-order valence-electron chi connectivity index (χ2n) is 3.48. The van der Waals surface area contributed by atoms with Crippen LogP contribution in [0, 0.1) is 10.1 Å². The van der Waals surface area contributed by atoms with Crippen molar-refractivity contribution in [2.45, 2.75) is 19.4 Å². The van der Waals surface area contributed by atoms with Crippen molar-refractivity contribution in [2.75, 3.05) is 12.4 Å². The lowest BCUT2D eigenvalue weighted by Crippen LogP contribution is -2.21. The number of rotatable bonds is 6. The molecule has 0 saturated carbocycles. The minimum Gasteiger partial charge on any atom is -0.481 e. The maximum Gasteiger partial charge on any atom is 0.372 e. The van der Waals surface area contributed by atoms with Gasteiger partial charge in [-0.1, -0.05) is 0 Å². The Labute approximate surface area is 102 Å². The lowest BCUT2D eigenvalue weighted by molar-refractivity contribution is -0.385. The fourth-order valence-corrected chi connectivity index (χ4v) is 1.33. The molecule has 0 aromatic carbocycles. The number of carboxylic acid groups (broad SMARTS) is 1. The molecule has 1 aromatic rings. The highest BCUT2D eigenvalue weighted by Crippen LogP contribution is 2.30. The monoisotopic (exact) mass is 256 g/mol. The number of hydrogen-bond donors (Lipinski definition) is 2. The molecule has 0 aliphatic carbocycles. The molecule has 1 heterocycles. The topological polar surface area (TPSA) is 127 Å². The number of nitro groups is 1. The van der Waals surface area contributed by atoms with Crippen LogP contribution in [-0.4, -0.2) is 39.1 Å². The van der Waals surface area contributed by atoms with Crippen LogP contribution in [0.2, 0.25) is 0 Å². The number of hydrogen-bond acceptors (Lipinski definition) is 7. The van der Waals surface area contributed by atoms with Crippen LogP contribution in [0.4, 0.5) is 11.5 Å². The number of nitrogens with one attached hydrogen (secondary N) is 1. The highest BCUT2D eigenvalue weighted by Gasteiger charge is 2.25. The van der Waals surface area contributed by atoms with Crippen LogP contribution in [0.15, 0.2) is 6.33 Å². The predicted molar refractivity (Wildman–Crippen MR) is 60.6 cm³/mol. The summed E-state index contributed by atoms with van der Waals surface area (Å²) in [6, 6.07) is -0.513. The molecule has 98 valence electrons. The Morgan fingerprint density at radius 3 is 2.83 bits per heavy atom. The van der Waals surface area contributed by atoms with Crippen LogP contribution in [0.25, 0.3) is 0 Å². The Bertz CT molecular complexity index is 464. The van der Waals surface area contributed by atoms with Crippen LogP contribution in [0.3, 0.4) is 0 Å². The zero-order chi connectivity index (χ0) is 13.7. The van der Waals surface area contributed by atoms with Gasteiger partial charge in [0.1, 0.15) is 6.33 Å². The molecule has 9 heteroatoms. The van der Waals surface area contributed by atoms with Crippen molar-refractivity contribution in [1.82, 2.24) is 9.97 Å². The summed E-state index contributed by atoms with van der Waals surface area (Å²) in [6.45, 7) is 1.58. The van der Waals surface area contributed by atoms with Gasteiger partial charge < -0.3 is 15.2 Å². The Morgan fingerprint density at radius 2 is 2.33 bits per heavy atom. The normalized spacial score (nSPS) is 11.7. The molecule has 0 radical (unpaired) electrons. The molecule has 1 rings (SSSR count). The third-order valence-electron chi connectivity index (χ3n) is 2.03. The Morgan fingerprint density at radius 1 is 1.67 bits per heavy atom. The molecule has 0 aliphatic rings. The fraction of sp³-hybridized carbons (Fsp3) is 0.444. The van der Waals surface area contributed by atoms with E-state index in [1.54, 1.807) is 6.92 Å². The van der Waals surface area contributed by atoms with Crippen LogP contribution < -0.4 is 10.1 Å². The van der Waals surface area contributed by atoms with E-state index >= 15 is 0 Å². The quantitative estimate of drug-likeness (QED) is 0.561. The van der Waals surface area contributed by atoms with Gasteiger partial charge in [0.05, 0.1) is 18.5 Å². The molecule has 0 aliphatic heterocycles. The van der Waals surface area contributed by atoms with Gasteiger partial charge in [-0.05, 0) is 6.92 Å². The largest absolute Gasteiger partial charge is 0.481 e. The van der Waals surface area contributed by atoms with E-state index in [1.807, 2.05) is 0 Å². The zero-order valence-electron chi connectivity index (χ0n) is 9.78. The standard InChI is InChI=1S/C9H12N4O5/c1-5(3-6(14)15)12-8-7(13(16)17)9(18-2)11-4-10-8/h4-5H,3H2,1-2H3,(H,14,15)(H,10,11,12). The highest BCUT2D eigenvalue weighted by atomic mass is 16.6. The first kappa shape index (κ1) is 13.6. The van der Waals surface area contributed by atoms with Gasteiger partial charge in [0.15, 0.2) is 0 Å². The summed E-state index contributed by atoms with van der Waals surface area (Å²) in [5.41, 5.74) is -0.419. The van der Waals surface area contributed by atoms with E-state index in [9.17, 15) is 14.9 Å². The first-order valence-corrected chi connectivity index (χ1v) is 4.97. The van der Waals surface area contributed by atoms with Crippen LogP contribution in [-0.2, 0) is 4.79 Å². The lowest BCUT2D eigenvalue weighted by atomic mass is 10.2. The molecule has 0 saturated heterocycles. The molecular formula is C9H12N4O5.